The molecule has 3 rings (SSSR count). The lowest BCUT2D eigenvalue weighted by Crippen LogP contribution is -2.57. The van der Waals surface area contributed by atoms with Crippen LogP contribution in [0.3, 0.4) is 0 Å². The number of nitrogens with one attached hydrogen (secondary N) is 6. The van der Waals surface area contributed by atoms with Gasteiger partial charge in [-0.05, 0) is 49.1 Å². The molecular formula is C38H50F3N9O7. The van der Waals surface area contributed by atoms with Crippen LogP contribution in [0.4, 0.5) is 13.2 Å². The van der Waals surface area contributed by atoms with Gasteiger partial charge in [-0.2, -0.15) is 13.2 Å². The van der Waals surface area contributed by atoms with Crippen molar-refractivity contribution in [1.82, 2.24) is 21.3 Å². The summed E-state index contributed by atoms with van der Waals surface area (Å²) in [5.74, 6) is -9.03. The highest BCUT2D eigenvalue weighted by atomic mass is 19.4. The van der Waals surface area contributed by atoms with Gasteiger partial charge < -0.3 is 43.2 Å². The average molecular weight is 802 g/mol. The Labute approximate surface area is 327 Å². The van der Waals surface area contributed by atoms with Crippen molar-refractivity contribution in [2.75, 3.05) is 6.54 Å². The summed E-state index contributed by atoms with van der Waals surface area (Å²) in [7, 11) is 0. The van der Waals surface area contributed by atoms with Crippen molar-refractivity contribution >= 4 is 47.4 Å². The highest BCUT2D eigenvalue weighted by Gasteiger charge is 2.42. The molecule has 0 saturated heterocycles. The molecule has 16 nitrogen and oxygen atoms in total. The van der Waals surface area contributed by atoms with Crippen molar-refractivity contribution in [2.45, 2.75) is 101 Å². The van der Waals surface area contributed by atoms with E-state index in [1.54, 1.807) is 54.6 Å². The molecule has 0 unspecified atom stereocenters. The molecule has 12 N–H and O–H groups in total. The number of benzene rings is 2. The van der Waals surface area contributed by atoms with E-state index in [0.29, 0.717) is 16.7 Å². The number of guanidine groups is 1. The summed E-state index contributed by atoms with van der Waals surface area (Å²) in [5.41, 5.74) is 18.2. The molecule has 0 radical (unpaired) electrons. The van der Waals surface area contributed by atoms with E-state index >= 15 is 0 Å². The fourth-order valence-electron chi connectivity index (χ4n) is 6.46. The third-order valence-electron chi connectivity index (χ3n) is 9.50. The normalized spacial score (nSPS) is 15.1. The van der Waals surface area contributed by atoms with Crippen molar-refractivity contribution in [2.24, 2.45) is 23.1 Å². The predicted molar refractivity (Wildman–Crippen MR) is 202 cm³/mol. The first-order valence-corrected chi connectivity index (χ1v) is 18.5. The zero-order valence-corrected chi connectivity index (χ0v) is 31.3. The molecule has 0 aromatic heterocycles. The second-order valence-electron chi connectivity index (χ2n) is 13.9. The van der Waals surface area contributed by atoms with Crippen molar-refractivity contribution in [3.05, 3.63) is 71.3 Å². The minimum absolute atomic E-state index is 0.0710. The number of esters is 2. The number of amidine groups is 1. The minimum Gasteiger partial charge on any atom is -0.386 e. The van der Waals surface area contributed by atoms with Gasteiger partial charge in [-0.25, -0.2) is 4.79 Å². The van der Waals surface area contributed by atoms with Crippen LogP contribution in [0.5, 0.6) is 0 Å². The van der Waals surface area contributed by atoms with Crippen molar-refractivity contribution < 1.29 is 46.7 Å². The van der Waals surface area contributed by atoms with E-state index in [4.69, 9.17) is 28.0 Å². The summed E-state index contributed by atoms with van der Waals surface area (Å²) in [5, 5.41) is 25.4. The largest absolute Gasteiger partial charge is 0.491 e. The maximum atomic E-state index is 14.1. The summed E-state index contributed by atoms with van der Waals surface area (Å²) in [4.78, 5) is 77.8. The average Bonchev–Trinajstić information content (AvgIpc) is 3.16. The van der Waals surface area contributed by atoms with E-state index in [9.17, 15) is 41.9 Å². The van der Waals surface area contributed by atoms with Crippen LogP contribution >= 0.6 is 0 Å². The molecule has 310 valence electrons. The molecule has 4 amide bonds. The predicted octanol–water partition coefficient (Wildman–Crippen LogP) is 1.88. The van der Waals surface area contributed by atoms with Gasteiger partial charge in [-0.3, -0.25) is 34.8 Å². The summed E-state index contributed by atoms with van der Waals surface area (Å²) < 4.78 is 42.3. The number of primary amides is 1. The van der Waals surface area contributed by atoms with Crippen LogP contribution in [0, 0.1) is 16.7 Å². The van der Waals surface area contributed by atoms with Crippen LogP contribution in [0.1, 0.15) is 86.8 Å². The molecule has 57 heavy (non-hydrogen) atoms. The van der Waals surface area contributed by atoms with Gasteiger partial charge in [0.2, 0.25) is 23.6 Å². The SMILES string of the molecule is N=C(N)NCCC[C@H](NC(=O)[C@H](CCC(=O)OC(=O)C(F)(F)F)NC(=O)[C@@H](Cc1ccc(C(=N)N)cc1)c1ccccc1)C(=O)N[C@@H](CC1CCCCC1)C(N)=O. The zero-order chi connectivity index (χ0) is 42.1. The van der Waals surface area contributed by atoms with E-state index in [-0.39, 0.29) is 49.9 Å². The summed E-state index contributed by atoms with van der Waals surface area (Å²) in [6.07, 6.45) is -1.90. The molecule has 4 atom stereocenters. The van der Waals surface area contributed by atoms with Crippen LogP contribution in [0.25, 0.3) is 0 Å². The standard InChI is InChI=1S/C38H50F3N9O7/c39-38(40,41)36(56)57-30(51)18-17-28(48-33(53)26(24-10-5-2-6-11-24)20-23-13-15-25(16-14-23)31(42)43)35(55)49-27(12-7-19-47-37(45)46)34(54)50-29(32(44)52)21-22-8-3-1-4-9-22/h2,5-6,10-11,13-16,22,26-29H,1,3-4,7-9,12,17-21H2,(H3,42,43)(H2,44,52)(H,48,53)(H,49,55)(H,50,54)(H4,45,46,47)/t26-,27-,28-,29-/m0/s1. The van der Waals surface area contributed by atoms with Gasteiger partial charge in [0, 0.05) is 18.5 Å². The lowest BCUT2D eigenvalue weighted by atomic mass is 9.84. The van der Waals surface area contributed by atoms with Crippen molar-refractivity contribution in [1.29, 1.82) is 10.8 Å². The fourth-order valence-corrected chi connectivity index (χ4v) is 6.46. The Kier molecular flexibility index (Phi) is 17.4. The number of alkyl halides is 3. The number of hydrogen-bond acceptors (Lipinski definition) is 9. The number of ether oxygens (including phenoxy) is 1. The highest BCUT2D eigenvalue weighted by Crippen LogP contribution is 2.27. The third-order valence-corrected chi connectivity index (χ3v) is 9.50. The Morgan fingerprint density at radius 1 is 0.772 bits per heavy atom. The Bertz CT molecular complexity index is 1740. The number of carbonyl (C=O) groups excluding carboxylic acids is 6. The second-order valence-corrected chi connectivity index (χ2v) is 13.9. The molecule has 1 fully saturated rings. The van der Waals surface area contributed by atoms with Gasteiger partial charge in [0.25, 0.3) is 0 Å². The lowest BCUT2D eigenvalue weighted by Gasteiger charge is -2.28. The molecule has 0 aliphatic heterocycles. The van der Waals surface area contributed by atoms with Gasteiger partial charge in [0.15, 0.2) is 5.96 Å². The second kappa shape index (κ2) is 21.9. The molecule has 1 saturated carbocycles. The van der Waals surface area contributed by atoms with Crippen molar-refractivity contribution in [3.63, 3.8) is 0 Å². The highest BCUT2D eigenvalue weighted by molar-refractivity contribution is 5.96. The Morgan fingerprint density at radius 3 is 1.91 bits per heavy atom. The van der Waals surface area contributed by atoms with Gasteiger partial charge >= 0.3 is 18.1 Å². The fraction of sp³-hybridized carbons (Fsp3) is 0.474. The molecule has 1 aliphatic carbocycles. The molecule has 0 spiro atoms. The zero-order valence-electron chi connectivity index (χ0n) is 31.3. The van der Waals surface area contributed by atoms with Gasteiger partial charge in [0.05, 0.1) is 5.92 Å². The number of nitrogens with two attached hydrogens (primary N) is 3. The smallest absolute Gasteiger partial charge is 0.386 e. The number of rotatable bonds is 20. The number of hydrogen-bond donors (Lipinski definition) is 9. The summed E-state index contributed by atoms with van der Waals surface area (Å²) in [6.45, 7) is 0.113. The van der Waals surface area contributed by atoms with E-state index in [0.717, 1.165) is 32.1 Å². The van der Waals surface area contributed by atoms with Gasteiger partial charge in [0.1, 0.15) is 24.0 Å². The molecule has 1 aliphatic rings. The first-order chi connectivity index (χ1) is 26.9. The van der Waals surface area contributed by atoms with E-state index in [2.05, 4.69) is 26.0 Å². The van der Waals surface area contributed by atoms with Gasteiger partial charge in [-0.15, -0.1) is 0 Å². The summed E-state index contributed by atoms with van der Waals surface area (Å²) in [6, 6.07) is 10.9. The Morgan fingerprint density at radius 2 is 1.35 bits per heavy atom. The van der Waals surface area contributed by atoms with Crippen LogP contribution < -0.4 is 38.5 Å². The minimum atomic E-state index is -5.47. The topological polar surface area (TPSA) is 286 Å². The van der Waals surface area contributed by atoms with Crippen LogP contribution in [0.2, 0.25) is 0 Å². The molecule has 2 aromatic carbocycles. The monoisotopic (exact) mass is 801 g/mol. The van der Waals surface area contributed by atoms with Crippen LogP contribution in [-0.4, -0.2) is 78.2 Å². The summed E-state index contributed by atoms with van der Waals surface area (Å²) >= 11 is 0. The van der Waals surface area contributed by atoms with Crippen LogP contribution in [0.15, 0.2) is 54.6 Å². The molecule has 2 aromatic rings. The maximum absolute atomic E-state index is 14.1. The van der Waals surface area contributed by atoms with Crippen LogP contribution in [-0.2, 0) is 39.9 Å². The van der Waals surface area contributed by atoms with Crippen molar-refractivity contribution in [3.8, 4) is 0 Å². The van der Waals surface area contributed by atoms with E-state index < -0.39 is 78.6 Å². The molecular weight excluding hydrogens is 751 g/mol. The molecule has 19 heteroatoms. The number of amides is 4. The first-order valence-electron chi connectivity index (χ1n) is 18.5. The first kappa shape index (κ1) is 45.4. The van der Waals surface area contributed by atoms with Gasteiger partial charge in [-0.1, -0.05) is 86.7 Å². The Balaban J connectivity index is 1.91. The van der Waals surface area contributed by atoms with E-state index in [1.165, 1.54) is 0 Å². The number of carbonyl (C=O) groups is 6. The third kappa shape index (κ3) is 15.6. The molecule has 0 heterocycles. The quantitative estimate of drug-likeness (QED) is 0.0308. The van der Waals surface area contributed by atoms with E-state index in [1.807, 2.05) is 0 Å². The number of halogens is 3. The molecule has 0 bridgehead atoms. The Hall–Kier alpha value is -6.01. The lowest BCUT2D eigenvalue weighted by molar-refractivity contribution is -0.201. The number of nitrogen functional groups attached to an aromatic ring is 1. The maximum Gasteiger partial charge on any atom is 0.491 e.